The van der Waals surface area contributed by atoms with Crippen molar-refractivity contribution in [2.75, 3.05) is 20.3 Å². The quantitative estimate of drug-likeness (QED) is 0.151. The van der Waals surface area contributed by atoms with Crippen molar-refractivity contribution in [2.24, 2.45) is 5.73 Å². The average molecular weight is 668 g/mol. The number of primary amides is 1. The summed E-state index contributed by atoms with van der Waals surface area (Å²) in [5.41, 5.74) is -1.00. The lowest BCUT2D eigenvalue weighted by Crippen LogP contribution is -2.51. The van der Waals surface area contributed by atoms with Gasteiger partial charge in [-0.15, -0.1) is 0 Å². The van der Waals surface area contributed by atoms with Crippen LogP contribution >= 0.6 is 11.6 Å². The van der Waals surface area contributed by atoms with Crippen LogP contribution in [0, 0.1) is 11.6 Å². The van der Waals surface area contributed by atoms with Crippen LogP contribution in [0.5, 0.6) is 11.5 Å². The van der Waals surface area contributed by atoms with E-state index in [-0.39, 0.29) is 35.3 Å². The zero-order chi connectivity index (χ0) is 33.6. The number of carbonyl (C=O) groups excluding carboxylic acids is 2. The maximum Gasteiger partial charge on any atom is 0.424 e. The van der Waals surface area contributed by atoms with Crippen LogP contribution in [-0.4, -0.2) is 58.1 Å². The molecule has 0 aliphatic heterocycles. The Kier molecular flexibility index (Phi) is 8.84. The number of hydrogen-bond acceptors (Lipinski definition) is 7. The summed E-state index contributed by atoms with van der Waals surface area (Å²) in [6, 6.07) is 4.81. The molecule has 1 aliphatic carbocycles. The Hall–Kier alpha value is -4.50. The number of aromatic nitrogens is 3. The molecule has 1 saturated carbocycles. The minimum atomic E-state index is -5.49. The molecule has 4 N–H and O–H groups in total. The van der Waals surface area contributed by atoms with Crippen molar-refractivity contribution in [3.63, 3.8) is 0 Å². The third-order valence-corrected chi connectivity index (χ3v) is 7.65. The summed E-state index contributed by atoms with van der Waals surface area (Å²) < 4.78 is 86.1. The first-order chi connectivity index (χ1) is 21.7. The molecule has 2 heterocycles. The molecule has 2 aromatic heterocycles. The summed E-state index contributed by atoms with van der Waals surface area (Å²) in [4.78, 5) is 28.9. The van der Waals surface area contributed by atoms with Gasteiger partial charge in [0.05, 0.1) is 43.4 Å². The van der Waals surface area contributed by atoms with E-state index in [2.05, 4.69) is 15.4 Å². The van der Waals surface area contributed by atoms with Gasteiger partial charge in [0.2, 0.25) is 11.5 Å². The molecule has 1 fully saturated rings. The second kappa shape index (κ2) is 12.4. The third kappa shape index (κ3) is 6.29. The average Bonchev–Trinajstić information content (AvgIpc) is 3.75. The molecule has 4 aromatic rings. The Morgan fingerprint density at radius 3 is 2.48 bits per heavy atom. The Morgan fingerprint density at radius 2 is 1.87 bits per heavy atom. The van der Waals surface area contributed by atoms with Crippen molar-refractivity contribution in [1.29, 1.82) is 0 Å². The van der Waals surface area contributed by atoms with Gasteiger partial charge in [-0.05, 0) is 50.1 Å². The molecule has 16 heteroatoms. The highest BCUT2D eigenvalue weighted by Gasteiger charge is 2.57. The predicted octanol–water partition coefficient (Wildman–Crippen LogP) is 4.98. The van der Waals surface area contributed by atoms with E-state index < -0.39 is 70.2 Å². The van der Waals surface area contributed by atoms with E-state index in [4.69, 9.17) is 26.8 Å². The van der Waals surface area contributed by atoms with Crippen LogP contribution in [0.3, 0.4) is 0 Å². The smallest absolute Gasteiger partial charge is 0.424 e. The van der Waals surface area contributed by atoms with Crippen molar-refractivity contribution >= 4 is 34.3 Å². The van der Waals surface area contributed by atoms with Crippen LogP contribution in [-0.2, 0) is 16.8 Å². The van der Waals surface area contributed by atoms with Crippen LogP contribution in [0.2, 0.25) is 5.02 Å². The van der Waals surface area contributed by atoms with Gasteiger partial charge < -0.3 is 25.6 Å². The minimum Gasteiger partial charge on any atom is -0.494 e. The molecular weight excluding hydrogens is 641 g/mol. The molecule has 2 aromatic carbocycles. The van der Waals surface area contributed by atoms with E-state index in [0.717, 1.165) is 12.8 Å². The van der Waals surface area contributed by atoms with Gasteiger partial charge in [0.1, 0.15) is 34.3 Å². The van der Waals surface area contributed by atoms with Crippen LogP contribution in [0.4, 0.5) is 22.0 Å². The first-order valence-corrected chi connectivity index (χ1v) is 14.3. The Morgan fingerprint density at radius 1 is 1.15 bits per heavy atom. The van der Waals surface area contributed by atoms with Crippen LogP contribution in [0.1, 0.15) is 47.4 Å². The summed E-state index contributed by atoms with van der Waals surface area (Å²) in [6.45, 7) is -0.0925. The molecule has 1 aliphatic rings. The number of rotatable bonds is 11. The standard InChI is InChI=1S/C30H27ClF5N5O5/c1-3-46-27-14(9-24(37)42)8-23(39-26(27)18-10-21(33)19(31)11-20(18)32)29(44,30(34,35)36)13-38-28(43)15-6-16-12-41(17-4-5-17)40-25(16)22(7-15)45-2/h6-8,10-12,17,44H,3-5,9,13H2,1-2H3,(H2,37,42)(H,38,43)/t29-/m0/s1. The molecule has 0 radical (unpaired) electrons. The number of amides is 2. The van der Waals surface area contributed by atoms with Crippen molar-refractivity contribution in [1.82, 2.24) is 20.1 Å². The Labute approximate surface area is 263 Å². The highest BCUT2D eigenvalue weighted by Crippen LogP contribution is 2.43. The van der Waals surface area contributed by atoms with E-state index in [1.54, 1.807) is 10.9 Å². The topological polar surface area (TPSA) is 142 Å². The van der Waals surface area contributed by atoms with Crippen LogP contribution in [0.25, 0.3) is 22.2 Å². The molecule has 0 saturated heterocycles. The van der Waals surface area contributed by atoms with E-state index in [1.165, 1.54) is 26.2 Å². The zero-order valence-corrected chi connectivity index (χ0v) is 25.1. The lowest BCUT2D eigenvalue weighted by Gasteiger charge is -2.31. The molecule has 0 unspecified atom stereocenters. The fourth-order valence-electron chi connectivity index (χ4n) is 4.89. The number of hydrogen-bond donors (Lipinski definition) is 3. The summed E-state index contributed by atoms with van der Waals surface area (Å²) in [6.07, 6.45) is -2.64. The molecule has 0 spiro atoms. The highest BCUT2D eigenvalue weighted by molar-refractivity contribution is 6.30. The lowest BCUT2D eigenvalue weighted by molar-refractivity contribution is -0.265. The number of nitrogens with one attached hydrogen (secondary N) is 1. The zero-order valence-electron chi connectivity index (χ0n) is 24.3. The molecular formula is C30H27ClF5N5O5. The van der Waals surface area contributed by atoms with Gasteiger partial charge in [0.15, 0.2) is 0 Å². The largest absolute Gasteiger partial charge is 0.494 e. The first kappa shape index (κ1) is 32.9. The number of methoxy groups -OCH3 is 1. The van der Waals surface area contributed by atoms with Gasteiger partial charge in [-0.3, -0.25) is 14.3 Å². The van der Waals surface area contributed by atoms with E-state index in [0.29, 0.717) is 29.1 Å². The van der Waals surface area contributed by atoms with Gasteiger partial charge in [0.25, 0.3) is 5.91 Å². The second-order valence-electron chi connectivity index (χ2n) is 10.7. The van der Waals surface area contributed by atoms with Gasteiger partial charge in [-0.25, -0.2) is 13.8 Å². The number of nitrogens with two attached hydrogens (primary N) is 1. The summed E-state index contributed by atoms with van der Waals surface area (Å²) in [5.74, 6) is -4.48. The number of alkyl halides is 3. The monoisotopic (exact) mass is 667 g/mol. The van der Waals surface area contributed by atoms with E-state index >= 15 is 4.39 Å². The number of ether oxygens (including phenoxy) is 2. The molecule has 5 rings (SSSR count). The highest BCUT2D eigenvalue weighted by atomic mass is 35.5. The van der Waals surface area contributed by atoms with E-state index in [9.17, 15) is 32.3 Å². The Bertz CT molecular complexity index is 1850. The number of nitrogens with zero attached hydrogens (tertiary/aromatic N) is 3. The first-order valence-electron chi connectivity index (χ1n) is 13.9. The van der Waals surface area contributed by atoms with Gasteiger partial charge in [-0.2, -0.15) is 18.3 Å². The molecule has 46 heavy (non-hydrogen) atoms. The maximum atomic E-state index is 15.1. The van der Waals surface area contributed by atoms with Crippen LogP contribution < -0.4 is 20.5 Å². The second-order valence-corrected chi connectivity index (χ2v) is 11.1. The molecule has 1 atom stereocenters. The fourth-order valence-corrected chi connectivity index (χ4v) is 5.04. The maximum absolute atomic E-state index is 15.1. The lowest BCUT2D eigenvalue weighted by atomic mass is 9.93. The van der Waals surface area contributed by atoms with Crippen LogP contribution in [0.15, 0.2) is 36.5 Å². The number of fused-ring (bicyclic) bond motifs is 1. The summed E-state index contributed by atoms with van der Waals surface area (Å²) in [5, 5.41) is 17.6. The van der Waals surface area contributed by atoms with Gasteiger partial charge in [0, 0.05) is 28.3 Å². The number of pyridine rings is 1. The fraction of sp³-hybridized carbons (Fsp3) is 0.333. The number of carbonyl (C=O) groups is 2. The number of halogens is 6. The Balaban J connectivity index is 1.58. The number of aliphatic hydroxyl groups is 1. The molecule has 2 amide bonds. The van der Waals surface area contributed by atoms with Gasteiger partial charge in [-0.1, -0.05) is 11.6 Å². The SMILES string of the molecule is CCOc1c(CC(N)=O)cc([C@@](O)(CNC(=O)c2cc(OC)c3nn(C4CC4)cc3c2)C(F)(F)F)nc1-c1cc(F)c(Cl)cc1F. The van der Waals surface area contributed by atoms with Gasteiger partial charge >= 0.3 is 6.18 Å². The van der Waals surface area contributed by atoms with Crippen molar-refractivity contribution in [2.45, 2.75) is 44.0 Å². The third-order valence-electron chi connectivity index (χ3n) is 7.36. The van der Waals surface area contributed by atoms with Crippen molar-refractivity contribution in [3.8, 4) is 22.8 Å². The summed E-state index contributed by atoms with van der Waals surface area (Å²) in [7, 11) is 1.35. The normalized spacial score (nSPS) is 14.6. The molecule has 0 bridgehead atoms. The van der Waals surface area contributed by atoms with E-state index in [1.807, 2.05) is 0 Å². The molecule has 10 nitrogen and oxygen atoms in total. The van der Waals surface area contributed by atoms with Crippen molar-refractivity contribution in [3.05, 3.63) is 70.0 Å². The predicted molar refractivity (Wildman–Crippen MR) is 156 cm³/mol. The van der Waals surface area contributed by atoms with Crippen molar-refractivity contribution < 1.29 is 46.1 Å². The summed E-state index contributed by atoms with van der Waals surface area (Å²) >= 11 is 5.66. The minimum absolute atomic E-state index is 0.0855. The molecule has 244 valence electrons. The number of benzene rings is 2.